The van der Waals surface area contributed by atoms with Crippen LogP contribution in [0.5, 0.6) is 0 Å². The summed E-state index contributed by atoms with van der Waals surface area (Å²) in [4.78, 5) is 10.3. The van der Waals surface area contributed by atoms with E-state index in [9.17, 15) is 0 Å². The average molecular weight is 363 g/mol. The fourth-order valence-electron chi connectivity index (χ4n) is 3.78. The largest absolute Gasteiger partial charge is 0.362 e. The summed E-state index contributed by atoms with van der Waals surface area (Å²) in [7, 11) is 0. The molecule has 1 aliphatic heterocycles. The van der Waals surface area contributed by atoms with E-state index in [4.69, 9.17) is 12.2 Å². The summed E-state index contributed by atoms with van der Waals surface area (Å²) in [5, 5.41) is 4.24. The first kappa shape index (κ1) is 16.8. The van der Waals surface area contributed by atoms with Crippen LogP contribution < -0.4 is 10.2 Å². The maximum Gasteiger partial charge on any atom is 0.174 e. The number of hydrogen-bond acceptors (Lipinski definition) is 2. The van der Waals surface area contributed by atoms with Gasteiger partial charge >= 0.3 is 0 Å². The Morgan fingerprint density at radius 3 is 2.54 bits per heavy atom. The van der Waals surface area contributed by atoms with Gasteiger partial charge in [0.25, 0.3) is 0 Å². The van der Waals surface area contributed by atoms with Gasteiger partial charge in [0.1, 0.15) is 0 Å². The van der Waals surface area contributed by atoms with Gasteiger partial charge in [0.15, 0.2) is 5.11 Å². The molecule has 1 aromatic carbocycles. The molecule has 26 heavy (non-hydrogen) atoms. The van der Waals surface area contributed by atoms with Crippen LogP contribution in [0.2, 0.25) is 0 Å². The van der Waals surface area contributed by atoms with Gasteiger partial charge in [0, 0.05) is 23.3 Å². The number of aromatic nitrogens is 2. The molecule has 3 aromatic rings. The molecular formula is C21H22N4S. The molecule has 2 N–H and O–H groups in total. The van der Waals surface area contributed by atoms with E-state index < -0.39 is 0 Å². The highest BCUT2D eigenvalue weighted by Crippen LogP contribution is 2.42. The normalized spacial score (nSPS) is 19.7. The summed E-state index contributed by atoms with van der Waals surface area (Å²) in [5.41, 5.74) is 6.87. The van der Waals surface area contributed by atoms with Crippen molar-refractivity contribution in [3.63, 3.8) is 0 Å². The lowest BCUT2D eigenvalue weighted by Crippen LogP contribution is -2.29. The molecule has 1 fully saturated rings. The van der Waals surface area contributed by atoms with Gasteiger partial charge in [-0.05, 0) is 74.4 Å². The maximum absolute atomic E-state index is 5.75. The average Bonchev–Trinajstić information content (AvgIpc) is 3.14. The monoisotopic (exact) mass is 362 g/mol. The Labute approximate surface area is 159 Å². The van der Waals surface area contributed by atoms with Gasteiger partial charge < -0.3 is 15.2 Å². The number of nitrogens with one attached hydrogen (secondary N) is 2. The van der Waals surface area contributed by atoms with Crippen LogP contribution in [0.4, 0.5) is 5.69 Å². The summed E-state index contributed by atoms with van der Waals surface area (Å²) in [6, 6.07) is 16.8. The number of nitrogens with zero attached hydrogens (tertiary/aromatic N) is 2. The van der Waals surface area contributed by atoms with Crippen LogP contribution in [0.15, 0.2) is 54.7 Å². The lowest BCUT2D eigenvalue weighted by Gasteiger charge is -2.28. The molecule has 0 saturated carbocycles. The van der Waals surface area contributed by atoms with Gasteiger partial charge in [-0.2, -0.15) is 0 Å². The Morgan fingerprint density at radius 2 is 1.88 bits per heavy atom. The predicted molar refractivity (Wildman–Crippen MR) is 109 cm³/mol. The van der Waals surface area contributed by atoms with E-state index in [-0.39, 0.29) is 12.1 Å². The second kappa shape index (κ2) is 6.57. The summed E-state index contributed by atoms with van der Waals surface area (Å²) in [6.45, 7) is 6.31. The van der Waals surface area contributed by atoms with Crippen LogP contribution in [0.25, 0.3) is 0 Å². The summed E-state index contributed by atoms with van der Waals surface area (Å²) in [5.74, 6) is 0. The van der Waals surface area contributed by atoms with E-state index in [1.165, 1.54) is 11.1 Å². The Bertz CT molecular complexity index is 948. The zero-order valence-corrected chi connectivity index (χ0v) is 16.0. The smallest absolute Gasteiger partial charge is 0.174 e. The first-order valence-electron chi connectivity index (χ1n) is 8.78. The van der Waals surface area contributed by atoms with Crippen molar-refractivity contribution < 1.29 is 0 Å². The number of H-pyrrole nitrogens is 1. The SMILES string of the molecule is Cc1cccc(N2C(=S)NC(c3ccccn3)C2c2cc(C)[nH]c2C)c1. The molecule has 2 aromatic heterocycles. The van der Waals surface area contributed by atoms with Crippen molar-refractivity contribution in [2.45, 2.75) is 32.9 Å². The molecule has 0 aliphatic carbocycles. The molecule has 1 aliphatic rings. The van der Waals surface area contributed by atoms with Crippen molar-refractivity contribution in [1.82, 2.24) is 15.3 Å². The van der Waals surface area contributed by atoms with Crippen molar-refractivity contribution in [2.75, 3.05) is 4.90 Å². The number of anilines is 1. The van der Waals surface area contributed by atoms with E-state index in [1.54, 1.807) is 0 Å². The topological polar surface area (TPSA) is 44.0 Å². The summed E-state index contributed by atoms with van der Waals surface area (Å²) in [6.07, 6.45) is 1.83. The van der Waals surface area contributed by atoms with E-state index in [0.29, 0.717) is 0 Å². The minimum Gasteiger partial charge on any atom is -0.362 e. The zero-order valence-electron chi connectivity index (χ0n) is 15.2. The molecule has 1 saturated heterocycles. The Morgan fingerprint density at radius 1 is 1.04 bits per heavy atom. The third kappa shape index (κ3) is 2.88. The quantitative estimate of drug-likeness (QED) is 0.673. The van der Waals surface area contributed by atoms with Gasteiger partial charge in [0.05, 0.1) is 17.8 Å². The van der Waals surface area contributed by atoms with Crippen LogP contribution in [-0.4, -0.2) is 15.1 Å². The minimum atomic E-state index is -0.00175. The number of hydrogen-bond donors (Lipinski definition) is 2. The van der Waals surface area contributed by atoms with Crippen LogP contribution in [-0.2, 0) is 0 Å². The molecule has 4 rings (SSSR count). The molecule has 0 bridgehead atoms. The third-order valence-electron chi connectivity index (χ3n) is 4.89. The summed E-state index contributed by atoms with van der Waals surface area (Å²) < 4.78 is 0. The number of rotatable bonds is 3. The molecule has 5 heteroatoms. The number of aromatic amines is 1. The fourth-order valence-corrected chi connectivity index (χ4v) is 4.13. The van der Waals surface area contributed by atoms with Gasteiger partial charge in [0.2, 0.25) is 0 Å². The first-order chi connectivity index (χ1) is 12.5. The number of aryl methyl sites for hydroxylation is 3. The van der Waals surface area contributed by atoms with Crippen molar-refractivity contribution >= 4 is 23.0 Å². The molecule has 4 nitrogen and oxygen atoms in total. The number of thiocarbonyl (C=S) groups is 1. The first-order valence-corrected chi connectivity index (χ1v) is 9.19. The molecule has 2 atom stereocenters. The van der Waals surface area contributed by atoms with Gasteiger partial charge in [-0.15, -0.1) is 0 Å². The van der Waals surface area contributed by atoms with E-state index in [2.05, 4.69) is 77.4 Å². The number of pyridine rings is 1. The second-order valence-corrected chi connectivity index (χ2v) is 7.25. The minimum absolute atomic E-state index is 0.00175. The Kier molecular flexibility index (Phi) is 4.24. The lowest BCUT2D eigenvalue weighted by molar-refractivity contribution is 0.566. The molecule has 3 heterocycles. The lowest BCUT2D eigenvalue weighted by atomic mass is 9.96. The highest BCUT2D eigenvalue weighted by Gasteiger charge is 2.41. The van der Waals surface area contributed by atoms with Gasteiger partial charge in [-0.25, -0.2) is 0 Å². The van der Waals surface area contributed by atoms with E-state index in [1.807, 2.05) is 18.3 Å². The van der Waals surface area contributed by atoms with Crippen molar-refractivity contribution in [2.24, 2.45) is 0 Å². The van der Waals surface area contributed by atoms with E-state index in [0.717, 1.165) is 27.9 Å². The Balaban J connectivity index is 1.87. The van der Waals surface area contributed by atoms with Crippen LogP contribution in [0, 0.1) is 20.8 Å². The highest BCUT2D eigenvalue weighted by atomic mass is 32.1. The predicted octanol–water partition coefficient (Wildman–Crippen LogP) is 4.51. The molecule has 0 amide bonds. The van der Waals surface area contributed by atoms with Crippen LogP contribution in [0.1, 0.15) is 40.3 Å². The van der Waals surface area contributed by atoms with Crippen molar-refractivity contribution in [1.29, 1.82) is 0 Å². The maximum atomic E-state index is 5.75. The highest BCUT2D eigenvalue weighted by molar-refractivity contribution is 7.80. The molecule has 132 valence electrons. The molecule has 0 radical (unpaired) electrons. The van der Waals surface area contributed by atoms with Gasteiger partial charge in [-0.1, -0.05) is 18.2 Å². The van der Waals surface area contributed by atoms with E-state index >= 15 is 0 Å². The van der Waals surface area contributed by atoms with Crippen molar-refractivity contribution in [3.05, 3.63) is 82.9 Å². The zero-order chi connectivity index (χ0) is 18.3. The van der Waals surface area contributed by atoms with Crippen LogP contribution >= 0.6 is 12.2 Å². The third-order valence-corrected chi connectivity index (χ3v) is 5.20. The standard InChI is InChI=1S/C21H22N4S/c1-13-7-6-8-16(11-13)25-20(17-12-14(2)23-15(17)3)19(24-21(25)26)18-9-4-5-10-22-18/h4-12,19-20,23H,1-3H3,(H,24,26). The molecule has 0 spiro atoms. The van der Waals surface area contributed by atoms with Crippen LogP contribution in [0.3, 0.4) is 0 Å². The summed E-state index contributed by atoms with van der Waals surface area (Å²) >= 11 is 5.75. The van der Waals surface area contributed by atoms with Crippen molar-refractivity contribution in [3.8, 4) is 0 Å². The van der Waals surface area contributed by atoms with Gasteiger partial charge in [-0.3, -0.25) is 4.98 Å². The second-order valence-electron chi connectivity index (χ2n) is 6.87. The Hall–Kier alpha value is -2.66. The fraction of sp³-hybridized carbons (Fsp3) is 0.238. The number of benzene rings is 1. The molecule has 2 unspecified atom stereocenters. The molecular weight excluding hydrogens is 340 g/mol.